The lowest BCUT2D eigenvalue weighted by Gasteiger charge is -2.14. The predicted molar refractivity (Wildman–Crippen MR) is 134 cm³/mol. The van der Waals surface area contributed by atoms with E-state index in [1.165, 1.54) is 11.8 Å². The fraction of sp³-hybridized carbons (Fsp3) is 0.192. The number of fused-ring (bicyclic) bond motifs is 1. The molecule has 4 aromatic rings. The predicted octanol–water partition coefficient (Wildman–Crippen LogP) is 5.13. The first-order chi connectivity index (χ1) is 16.0. The molecule has 3 aromatic carbocycles. The lowest BCUT2D eigenvalue weighted by Crippen LogP contribution is -2.23. The Morgan fingerprint density at radius 3 is 2.52 bits per heavy atom. The first-order valence-electron chi connectivity index (χ1n) is 10.7. The number of nitrogens with one attached hydrogen (secondary N) is 1. The first kappa shape index (κ1) is 22.6. The van der Waals surface area contributed by atoms with Crippen LogP contribution in [0.2, 0.25) is 0 Å². The summed E-state index contributed by atoms with van der Waals surface area (Å²) in [6.07, 6.45) is 0. The van der Waals surface area contributed by atoms with E-state index < -0.39 is 0 Å². The molecule has 6 nitrogen and oxygen atoms in total. The van der Waals surface area contributed by atoms with E-state index in [9.17, 15) is 9.59 Å². The van der Waals surface area contributed by atoms with Gasteiger partial charge in [0.15, 0.2) is 5.16 Å². The van der Waals surface area contributed by atoms with Crippen molar-refractivity contribution in [2.45, 2.75) is 25.9 Å². The summed E-state index contributed by atoms with van der Waals surface area (Å²) in [5.41, 5.74) is 4.09. The summed E-state index contributed by atoms with van der Waals surface area (Å²) in [6.45, 7) is 6.55. The molecule has 1 heterocycles. The van der Waals surface area contributed by atoms with Gasteiger partial charge in [0.05, 0.1) is 29.0 Å². The highest BCUT2D eigenvalue weighted by Gasteiger charge is 2.15. The van der Waals surface area contributed by atoms with Gasteiger partial charge in [0, 0.05) is 5.69 Å². The van der Waals surface area contributed by atoms with Gasteiger partial charge in [-0.2, -0.15) is 0 Å². The number of hydrogen-bond donors (Lipinski definition) is 1. The molecule has 0 aliphatic carbocycles. The third-order valence-corrected chi connectivity index (χ3v) is 6.21. The molecule has 0 saturated heterocycles. The summed E-state index contributed by atoms with van der Waals surface area (Å²) in [6, 6.07) is 20.3. The van der Waals surface area contributed by atoms with E-state index in [4.69, 9.17) is 9.72 Å². The minimum atomic E-state index is -0.182. The molecule has 7 heteroatoms. The number of hydrogen-bond acceptors (Lipinski definition) is 5. The molecule has 4 rings (SSSR count). The van der Waals surface area contributed by atoms with Crippen LogP contribution in [0, 0.1) is 13.8 Å². The monoisotopic (exact) mass is 459 g/mol. The number of carbonyl (C=O) groups is 1. The third kappa shape index (κ3) is 5.09. The van der Waals surface area contributed by atoms with Crippen molar-refractivity contribution >= 4 is 34.3 Å². The lowest BCUT2D eigenvalue weighted by molar-refractivity contribution is -0.113. The van der Waals surface area contributed by atoms with Crippen LogP contribution in [-0.2, 0) is 4.79 Å². The topological polar surface area (TPSA) is 73.2 Å². The molecule has 168 valence electrons. The molecule has 0 unspecified atom stereocenters. The van der Waals surface area contributed by atoms with Crippen molar-refractivity contribution in [3.63, 3.8) is 0 Å². The van der Waals surface area contributed by atoms with Gasteiger partial charge < -0.3 is 10.1 Å². The van der Waals surface area contributed by atoms with Gasteiger partial charge in [-0.25, -0.2) is 4.98 Å². The molecule has 0 radical (unpaired) electrons. The Bertz CT molecular complexity index is 1360. The molecule has 1 aromatic heterocycles. The summed E-state index contributed by atoms with van der Waals surface area (Å²) >= 11 is 1.23. The average Bonchev–Trinajstić information content (AvgIpc) is 2.81. The van der Waals surface area contributed by atoms with Crippen LogP contribution in [0.15, 0.2) is 76.7 Å². The van der Waals surface area contributed by atoms with E-state index in [1.807, 2.05) is 69.3 Å². The van der Waals surface area contributed by atoms with Gasteiger partial charge in [0.25, 0.3) is 5.56 Å². The number of aryl methyl sites for hydroxylation is 2. The number of thioether (sulfide) groups is 1. The second kappa shape index (κ2) is 9.92. The summed E-state index contributed by atoms with van der Waals surface area (Å²) in [5.74, 6) is 0.684. The molecule has 1 N–H and O–H groups in total. The quantitative estimate of drug-likeness (QED) is 0.306. The molecule has 0 spiro atoms. The van der Waals surface area contributed by atoms with Gasteiger partial charge in [-0.05, 0) is 80.4 Å². The Kier molecular flexibility index (Phi) is 6.79. The Labute approximate surface area is 196 Å². The molecule has 1 amide bonds. The highest BCUT2D eigenvalue weighted by atomic mass is 32.2. The van der Waals surface area contributed by atoms with Crippen LogP contribution >= 0.6 is 11.8 Å². The van der Waals surface area contributed by atoms with Gasteiger partial charge in [-0.3, -0.25) is 14.2 Å². The molecule has 0 saturated carbocycles. The maximum absolute atomic E-state index is 13.4. The van der Waals surface area contributed by atoms with Crippen LogP contribution in [0.1, 0.15) is 18.1 Å². The number of nitrogens with zero attached hydrogens (tertiary/aromatic N) is 2. The van der Waals surface area contributed by atoms with Gasteiger partial charge in [-0.15, -0.1) is 0 Å². The van der Waals surface area contributed by atoms with E-state index >= 15 is 0 Å². The van der Waals surface area contributed by atoms with Gasteiger partial charge in [0.2, 0.25) is 5.91 Å². The van der Waals surface area contributed by atoms with Gasteiger partial charge in [0.1, 0.15) is 5.75 Å². The molecule has 0 aliphatic heterocycles. The van der Waals surface area contributed by atoms with Crippen LogP contribution in [0.3, 0.4) is 0 Å². The molecular weight excluding hydrogens is 434 g/mol. The summed E-state index contributed by atoms with van der Waals surface area (Å²) in [7, 11) is 0. The second-order valence-corrected chi connectivity index (χ2v) is 8.56. The summed E-state index contributed by atoms with van der Waals surface area (Å²) < 4.78 is 7.02. The lowest BCUT2D eigenvalue weighted by atomic mass is 10.1. The first-order valence-corrected chi connectivity index (χ1v) is 11.7. The van der Waals surface area contributed by atoms with Gasteiger partial charge in [-0.1, -0.05) is 30.0 Å². The maximum atomic E-state index is 13.4. The van der Waals surface area contributed by atoms with Crippen molar-refractivity contribution in [2.75, 3.05) is 17.7 Å². The van der Waals surface area contributed by atoms with Crippen molar-refractivity contribution in [1.29, 1.82) is 0 Å². The number of carbonyl (C=O) groups excluding carboxylic acids is 1. The third-order valence-electron chi connectivity index (χ3n) is 5.28. The zero-order valence-corrected chi connectivity index (χ0v) is 19.6. The van der Waals surface area contributed by atoms with Crippen molar-refractivity contribution in [2.24, 2.45) is 0 Å². The summed E-state index contributed by atoms with van der Waals surface area (Å²) in [5, 5.41) is 3.90. The van der Waals surface area contributed by atoms with Crippen molar-refractivity contribution < 1.29 is 9.53 Å². The highest BCUT2D eigenvalue weighted by molar-refractivity contribution is 7.99. The Balaban J connectivity index is 1.61. The Morgan fingerprint density at radius 1 is 1.03 bits per heavy atom. The van der Waals surface area contributed by atoms with Crippen molar-refractivity contribution in [3.8, 4) is 11.4 Å². The number of benzene rings is 3. The minimum Gasteiger partial charge on any atom is -0.494 e. The number of anilines is 1. The normalized spacial score (nSPS) is 10.9. The van der Waals surface area contributed by atoms with Crippen LogP contribution in [-0.4, -0.2) is 27.8 Å². The number of ether oxygens (including phenoxy) is 1. The molecule has 33 heavy (non-hydrogen) atoms. The zero-order chi connectivity index (χ0) is 23.4. The minimum absolute atomic E-state index is 0.114. The van der Waals surface area contributed by atoms with Crippen LogP contribution in [0.4, 0.5) is 5.69 Å². The number of aromatic nitrogens is 2. The van der Waals surface area contributed by atoms with E-state index in [1.54, 1.807) is 22.8 Å². The van der Waals surface area contributed by atoms with E-state index in [0.29, 0.717) is 28.4 Å². The molecule has 0 aliphatic rings. The standard InChI is InChI=1S/C26H25N3O3S/c1-4-32-21-13-10-19(11-14-21)27-24(30)16-33-26-28-23-8-6-5-7-22(23)25(31)29(26)20-12-9-17(2)18(3)15-20/h5-15H,4,16H2,1-3H3,(H,27,30). The smallest absolute Gasteiger partial charge is 0.266 e. The van der Waals surface area contributed by atoms with Crippen molar-refractivity contribution in [1.82, 2.24) is 9.55 Å². The molecule has 0 bridgehead atoms. The largest absolute Gasteiger partial charge is 0.494 e. The number of para-hydroxylation sites is 1. The fourth-order valence-electron chi connectivity index (χ4n) is 3.43. The molecule has 0 atom stereocenters. The van der Waals surface area contributed by atoms with E-state index in [0.717, 1.165) is 22.6 Å². The van der Waals surface area contributed by atoms with E-state index in [2.05, 4.69) is 5.32 Å². The van der Waals surface area contributed by atoms with E-state index in [-0.39, 0.29) is 17.2 Å². The second-order valence-electron chi connectivity index (χ2n) is 7.61. The Hall–Kier alpha value is -3.58. The highest BCUT2D eigenvalue weighted by Crippen LogP contribution is 2.23. The van der Waals surface area contributed by atoms with Crippen molar-refractivity contribution in [3.05, 3.63) is 88.2 Å². The average molecular weight is 460 g/mol. The van der Waals surface area contributed by atoms with Crippen LogP contribution in [0.25, 0.3) is 16.6 Å². The maximum Gasteiger partial charge on any atom is 0.266 e. The SMILES string of the molecule is CCOc1ccc(NC(=O)CSc2nc3ccccc3c(=O)n2-c2ccc(C)c(C)c2)cc1. The van der Waals surface area contributed by atoms with Crippen LogP contribution < -0.4 is 15.6 Å². The Morgan fingerprint density at radius 2 is 1.79 bits per heavy atom. The number of rotatable bonds is 7. The van der Waals surface area contributed by atoms with Crippen LogP contribution in [0.5, 0.6) is 5.75 Å². The zero-order valence-electron chi connectivity index (χ0n) is 18.8. The summed E-state index contributed by atoms with van der Waals surface area (Å²) in [4.78, 5) is 30.7. The molecular formula is C26H25N3O3S. The van der Waals surface area contributed by atoms with Gasteiger partial charge >= 0.3 is 0 Å². The fourth-order valence-corrected chi connectivity index (χ4v) is 4.24. The molecule has 0 fully saturated rings. The number of amides is 1.